The molecule has 1 N–H and O–H groups in total. The van der Waals surface area contributed by atoms with Crippen molar-refractivity contribution in [2.24, 2.45) is 5.11 Å². The van der Waals surface area contributed by atoms with Gasteiger partial charge in [0.2, 0.25) is 6.20 Å². The summed E-state index contributed by atoms with van der Waals surface area (Å²) in [5.74, 6) is 0. The van der Waals surface area contributed by atoms with Crippen LogP contribution >= 0.6 is 0 Å². The minimum atomic E-state index is 0.000315. The molecule has 5 heteroatoms. The maximum Gasteiger partial charge on any atom is 0.201 e. The summed E-state index contributed by atoms with van der Waals surface area (Å²) >= 11 is 0. The number of aromatic nitrogens is 1. The van der Waals surface area contributed by atoms with Gasteiger partial charge in [0.25, 0.3) is 0 Å². The smallest absolute Gasteiger partial charge is 0.201 e. The number of nitrogens with zero attached hydrogens (tertiary/aromatic N) is 3. The predicted molar refractivity (Wildman–Crippen MR) is 96.5 cm³/mol. The van der Waals surface area contributed by atoms with Gasteiger partial charge in [0.15, 0.2) is 12.5 Å². The number of azo groups is 2. The van der Waals surface area contributed by atoms with E-state index in [0.717, 1.165) is 22.2 Å². The Morgan fingerprint density at radius 3 is 2.71 bits per heavy atom. The molecule has 118 valence electrons. The van der Waals surface area contributed by atoms with Crippen molar-refractivity contribution in [1.82, 2.24) is 4.98 Å². The zero-order chi connectivity index (χ0) is 16.7. The van der Waals surface area contributed by atoms with Crippen LogP contribution in [0.2, 0.25) is 0 Å². The van der Waals surface area contributed by atoms with Gasteiger partial charge in [-0.05, 0) is 34.8 Å². The Morgan fingerprint density at radius 1 is 1.12 bits per heavy atom. The van der Waals surface area contributed by atoms with E-state index in [2.05, 4.69) is 15.4 Å². The van der Waals surface area contributed by atoms with Crippen molar-refractivity contribution < 1.29 is 4.70 Å². The topological polar surface area (TPSA) is 57.4 Å². The van der Waals surface area contributed by atoms with E-state index in [0.29, 0.717) is 22.8 Å². The van der Waals surface area contributed by atoms with Gasteiger partial charge < -0.3 is 5.32 Å². The molecule has 4 rings (SSSR count). The molecule has 0 amide bonds. The van der Waals surface area contributed by atoms with Crippen LogP contribution in [0.15, 0.2) is 58.7 Å². The van der Waals surface area contributed by atoms with Crippen molar-refractivity contribution in [1.29, 1.82) is 0 Å². The van der Waals surface area contributed by atoms with E-state index in [1.165, 1.54) is 0 Å². The van der Waals surface area contributed by atoms with E-state index >= 15 is 0 Å². The minimum absolute atomic E-state index is 0.000315. The standard InChI is InChI=1S/C19H16N4O/c1-20-15-5-3-12-4-6-18-17(19(24)16(12)8-15)7-13(9-21-18)14-10-22-23(2)11-14/h3-9,11H,10H2,1-2H3/p+1. The van der Waals surface area contributed by atoms with Gasteiger partial charge in [-0.15, -0.1) is 0 Å². The number of anilines is 1. The summed E-state index contributed by atoms with van der Waals surface area (Å²) in [4.78, 5) is 17.6. The van der Waals surface area contributed by atoms with Gasteiger partial charge in [-0.1, -0.05) is 16.8 Å². The van der Waals surface area contributed by atoms with Crippen LogP contribution < -0.4 is 10.7 Å². The number of nitrogens with one attached hydrogen (secondary N) is 1. The summed E-state index contributed by atoms with van der Waals surface area (Å²) in [6.45, 7) is 0.613. The lowest BCUT2D eigenvalue weighted by molar-refractivity contribution is -0.491. The Kier molecular flexibility index (Phi) is 3.34. The maximum atomic E-state index is 13.1. The van der Waals surface area contributed by atoms with Crippen LogP contribution in [0.1, 0.15) is 5.56 Å². The lowest BCUT2D eigenvalue weighted by Crippen LogP contribution is -2.01. The normalized spacial score (nSPS) is 13.9. The highest BCUT2D eigenvalue weighted by Gasteiger charge is 2.15. The van der Waals surface area contributed by atoms with Crippen LogP contribution in [-0.4, -0.2) is 30.3 Å². The third-order valence-electron chi connectivity index (χ3n) is 4.35. The molecule has 2 heterocycles. The second kappa shape index (κ2) is 5.53. The highest BCUT2D eigenvalue weighted by atomic mass is 16.1. The molecule has 0 fully saturated rings. The van der Waals surface area contributed by atoms with E-state index in [-0.39, 0.29) is 5.43 Å². The van der Waals surface area contributed by atoms with Gasteiger partial charge in [0, 0.05) is 35.3 Å². The first-order valence-corrected chi connectivity index (χ1v) is 7.81. The third kappa shape index (κ3) is 2.34. The molecule has 1 aliphatic rings. The summed E-state index contributed by atoms with van der Waals surface area (Å²) in [5.41, 5.74) is 3.63. The molecule has 1 aromatic heterocycles. The van der Waals surface area contributed by atoms with Crippen molar-refractivity contribution in [3.63, 3.8) is 0 Å². The lowest BCUT2D eigenvalue weighted by atomic mass is 10.1. The van der Waals surface area contributed by atoms with Gasteiger partial charge in [0.05, 0.1) is 11.1 Å². The fourth-order valence-electron chi connectivity index (χ4n) is 2.99. The van der Waals surface area contributed by atoms with E-state index in [1.807, 2.05) is 62.9 Å². The Bertz CT molecular complexity index is 1100. The molecule has 1 aliphatic heterocycles. The molecule has 3 aromatic rings. The van der Waals surface area contributed by atoms with E-state index in [9.17, 15) is 4.79 Å². The van der Waals surface area contributed by atoms with Gasteiger partial charge in [-0.25, -0.2) is 0 Å². The molecular formula is C19H17N4O+. The van der Waals surface area contributed by atoms with Crippen LogP contribution in [0.4, 0.5) is 5.69 Å². The Hall–Kier alpha value is -3.08. The number of pyridine rings is 1. The van der Waals surface area contributed by atoms with Gasteiger partial charge in [-0.3, -0.25) is 9.78 Å². The van der Waals surface area contributed by atoms with Gasteiger partial charge in [-0.2, -0.15) is 0 Å². The molecule has 0 saturated heterocycles. The molecule has 0 bridgehead atoms. The van der Waals surface area contributed by atoms with Gasteiger partial charge in [0.1, 0.15) is 6.54 Å². The highest BCUT2D eigenvalue weighted by molar-refractivity contribution is 5.94. The van der Waals surface area contributed by atoms with Crippen LogP contribution in [0.25, 0.3) is 27.2 Å². The van der Waals surface area contributed by atoms with Crippen molar-refractivity contribution >= 4 is 32.9 Å². The number of fused-ring (bicyclic) bond motifs is 2. The molecule has 0 saturated carbocycles. The fraction of sp³-hybridized carbons (Fsp3) is 0.158. The summed E-state index contributed by atoms with van der Waals surface area (Å²) < 4.78 is 1.79. The highest BCUT2D eigenvalue weighted by Crippen LogP contribution is 2.22. The van der Waals surface area contributed by atoms with E-state index in [4.69, 9.17) is 0 Å². The Morgan fingerprint density at radius 2 is 1.96 bits per heavy atom. The average Bonchev–Trinajstić information content (AvgIpc) is 2.99. The zero-order valence-electron chi connectivity index (χ0n) is 13.6. The Balaban J connectivity index is 2.02. The number of benzene rings is 1. The molecular weight excluding hydrogens is 300 g/mol. The summed E-state index contributed by atoms with van der Waals surface area (Å²) in [5, 5.41) is 9.63. The third-order valence-corrected chi connectivity index (χ3v) is 4.35. The quantitative estimate of drug-likeness (QED) is 0.738. The Labute approximate surface area is 139 Å². The second-order valence-corrected chi connectivity index (χ2v) is 5.90. The molecule has 0 aliphatic carbocycles. The van der Waals surface area contributed by atoms with Gasteiger partial charge >= 0.3 is 0 Å². The molecule has 24 heavy (non-hydrogen) atoms. The average molecular weight is 317 g/mol. The number of hydrogen-bond donors (Lipinski definition) is 1. The maximum absolute atomic E-state index is 13.1. The molecule has 0 spiro atoms. The summed E-state index contributed by atoms with van der Waals surface area (Å²) in [6.07, 6.45) is 3.78. The number of rotatable bonds is 2. The molecule has 5 nitrogen and oxygen atoms in total. The van der Waals surface area contributed by atoms with E-state index < -0.39 is 0 Å². The lowest BCUT2D eigenvalue weighted by Gasteiger charge is -2.00. The predicted octanol–water partition coefficient (Wildman–Crippen LogP) is 3.24. The van der Waals surface area contributed by atoms with Crippen LogP contribution in [0.3, 0.4) is 0 Å². The van der Waals surface area contributed by atoms with E-state index in [1.54, 1.807) is 4.70 Å². The largest absolute Gasteiger partial charge is 0.388 e. The molecule has 2 aromatic carbocycles. The van der Waals surface area contributed by atoms with Crippen molar-refractivity contribution in [3.05, 3.63) is 64.6 Å². The van der Waals surface area contributed by atoms with Crippen LogP contribution in [-0.2, 0) is 0 Å². The van der Waals surface area contributed by atoms with Crippen molar-refractivity contribution in [3.8, 4) is 0 Å². The summed E-state index contributed by atoms with van der Waals surface area (Å²) in [6, 6.07) is 11.6. The fourth-order valence-corrected chi connectivity index (χ4v) is 2.99. The van der Waals surface area contributed by atoms with Crippen LogP contribution in [0.5, 0.6) is 0 Å². The van der Waals surface area contributed by atoms with Crippen molar-refractivity contribution in [2.75, 3.05) is 26.0 Å². The first kappa shape index (κ1) is 14.5. The molecule has 0 radical (unpaired) electrons. The summed E-state index contributed by atoms with van der Waals surface area (Å²) in [7, 11) is 3.74. The number of hydrogen-bond acceptors (Lipinski definition) is 4. The first-order valence-electron chi connectivity index (χ1n) is 7.81. The van der Waals surface area contributed by atoms with Crippen molar-refractivity contribution in [2.45, 2.75) is 0 Å². The molecule has 0 atom stereocenters. The first-order chi connectivity index (χ1) is 11.7. The monoisotopic (exact) mass is 317 g/mol. The molecule has 0 unspecified atom stereocenters. The minimum Gasteiger partial charge on any atom is -0.388 e. The SMILES string of the molecule is CNc1ccc2ccc3ncc(C4=C[N+](C)=NC4)cc3c(=O)c2c1. The second-order valence-electron chi connectivity index (χ2n) is 5.90. The zero-order valence-corrected chi connectivity index (χ0v) is 13.6. The van der Waals surface area contributed by atoms with Crippen LogP contribution in [0, 0.1) is 0 Å².